The van der Waals surface area contributed by atoms with Crippen molar-refractivity contribution >= 4 is 0 Å². The van der Waals surface area contributed by atoms with Crippen molar-refractivity contribution in [2.45, 2.75) is 33.1 Å². The fourth-order valence-corrected chi connectivity index (χ4v) is 1.41. The van der Waals surface area contributed by atoms with Crippen LogP contribution in [0.2, 0.25) is 0 Å². The number of rotatable bonds is 0. The molecule has 1 rings (SSSR count). The Bertz CT molecular complexity index is 373. The quantitative estimate of drug-likeness (QED) is 0.354. The van der Waals surface area contributed by atoms with Gasteiger partial charge in [0.15, 0.2) is 17.5 Å². The van der Waals surface area contributed by atoms with Gasteiger partial charge in [0, 0.05) is 11.1 Å². The maximum Gasteiger partial charge on any atom is 0.195 e. The van der Waals surface area contributed by atoms with Crippen molar-refractivity contribution in [3.05, 3.63) is 34.4 Å². The van der Waals surface area contributed by atoms with Gasteiger partial charge < -0.3 is 0 Å². The first-order valence-electron chi connectivity index (χ1n) is 4.51. The van der Waals surface area contributed by atoms with E-state index in [2.05, 4.69) is 0 Å². The highest BCUT2D eigenvalue weighted by Crippen LogP contribution is 2.32. The van der Waals surface area contributed by atoms with E-state index < -0.39 is 39.8 Å². The van der Waals surface area contributed by atoms with Crippen LogP contribution in [0.4, 0.5) is 17.6 Å². The molecule has 0 fully saturated rings. The smallest absolute Gasteiger partial charge is 0.195 e. The third kappa shape index (κ3) is 1.85. The van der Waals surface area contributed by atoms with Gasteiger partial charge in [-0.1, -0.05) is 20.8 Å². The molecule has 0 saturated carbocycles. The van der Waals surface area contributed by atoms with E-state index in [1.165, 1.54) is 20.8 Å². The molecule has 1 aromatic carbocycles. The van der Waals surface area contributed by atoms with Gasteiger partial charge in [-0.2, -0.15) is 0 Å². The van der Waals surface area contributed by atoms with Gasteiger partial charge in [-0.3, -0.25) is 0 Å². The Kier molecular flexibility index (Phi) is 2.81. The normalized spacial score (nSPS) is 12.0. The lowest BCUT2D eigenvalue weighted by molar-refractivity contribution is 0.395. The average molecular weight is 220 g/mol. The van der Waals surface area contributed by atoms with Crippen molar-refractivity contribution in [2.75, 3.05) is 0 Å². The monoisotopic (exact) mass is 220 g/mol. The van der Waals surface area contributed by atoms with E-state index in [1.54, 1.807) is 0 Å². The summed E-state index contributed by atoms with van der Waals surface area (Å²) in [5, 5.41) is 0. The minimum Gasteiger partial charge on any atom is -0.206 e. The van der Waals surface area contributed by atoms with Crippen LogP contribution in [0.5, 0.6) is 0 Å². The summed E-state index contributed by atoms with van der Waals surface area (Å²) in [7, 11) is 0. The summed E-state index contributed by atoms with van der Waals surface area (Å²) < 4.78 is 52.9. The molecule has 84 valence electrons. The zero-order valence-corrected chi connectivity index (χ0v) is 9.01. The maximum atomic E-state index is 13.6. The zero-order chi connectivity index (χ0) is 12.0. The van der Waals surface area contributed by atoms with E-state index in [1.807, 2.05) is 0 Å². The SMILES string of the molecule is Cc1c(F)c(F)c(F)c(C(C)(C)C)c1F. The van der Waals surface area contributed by atoms with Gasteiger partial charge in [0.25, 0.3) is 0 Å². The molecule has 0 aromatic heterocycles. The van der Waals surface area contributed by atoms with E-state index in [0.717, 1.165) is 6.92 Å². The van der Waals surface area contributed by atoms with E-state index in [0.29, 0.717) is 0 Å². The van der Waals surface area contributed by atoms with Crippen molar-refractivity contribution < 1.29 is 17.6 Å². The topological polar surface area (TPSA) is 0 Å². The Morgan fingerprint density at radius 2 is 1.20 bits per heavy atom. The van der Waals surface area contributed by atoms with Crippen LogP contribution >= 0.6 is 0 Å². The zero-order valence-electron chi connectivity index (χ0n) is 9.01. The van der Waals surface area contributed by atoms with Crippen LogP contribution in [0.3, 0.4) is 0 Å². The molecule has 15 heavy (non-hydrogen) atoms. The Balaban J connectivity index is 3.68. The second kappa shape index (κ2) is 3.51. The first kappa shape index (κ1) is 12.0. The summed E-state index contributed by atoms with van der Waals surface area (Å²) in [5.41, 5.74) is -1.81. The number of benzene rings is 1. The first-order chi connectivity index (χ1) is 6.68. The molecule has 0 radical (unpaired) electrons. The fourth-order valence-electron chi connectivity index (χ4n) is 1.41. The number of hydrogen-bond donors (Lipinski definition) is 0. The van der Waals surface area contributed by atoms with Gasteiger partial charge in [-0.25, -0.2) is 17.6 Å². The highest BCUT2D eigenvalue weighted by molar-refractivity contribution is 5.33. The Morgan fingerprint density at radius 1 is 0.733 bits per heavy atom. The minimum absolute atomic E-state index is 0.418. The van der Waals surface area contributed by atoms with Gasteiger partial charge in [-0.05, 0) is 12.3 Å². The van der Waals surface area contributed by atoms with Crippen molar-refractivity contribution in [3.8, 4) is 0 Å². The van der Waals surface area contributed by atoms with Gasteiger partial charge in [0.2, 0.25) is 0 Å². The minimum atomic E-state index is -1.61. The maximum absolute atomic E-state index is 13.6. The summed E-state index contributed by atoms with van der Waals surface area (Å²) in [6, 6.07) is 0. The molecule has 0 bridgehead atoms. The molecular weight excluding hydrogens is 208 g/mol. The second-order valence-corrected chi connectivity index (χ2v) is 4.51. The Morgan fingerprint density at radius 3 is 1.60 bits per heavy atom. The van der Waals surface area contributed by atoms with Gasteiger partial charge >= 0.3 is 0 Å². The Labute approximate surface area is 85.9 Å². The molecular formula is C11H12F4. The summed E-state index contributed by atoms with van der Waals surface area (Å²) in [4.78, 5) is 0. The number of hydrogen-bond acceptors (Lipinski definition) is 0. The summed E-state index contributed by atoms with van der Waals surface area (Å²) >= 11 is 0. The van der Waals surface area contributed by atoms with Crippen LogP contribution < -0.4 is 0 Å². The molecule has 0 aliphatic heterocycles. The number of halogens is 4. The molecule has 0 aliphatic carbocycles. The molecule has 0 heterocycles. The van der Waals surface area contributed by atoms with E-state index in [4.69, 9.17) is 0 Å². The average Bonchev–Trinajstić information content (AvgIpc) is 2.09. The predicted octanol–water partition coefficient (Wildman–Crippen LogP) is 3.85. The van der Waals surface area contributed by atoms with E-state index >= 15 is 0 Å². The molecule has 0 atom stereocenters. The third-order valence-corrected chi connectivity index (χ3v) is 2.23. The first-order valence-corrected chi connectivity index (χ1v) is 4.51. The lowest BCUT2D eigenvalue weighted by atomic mass is 9.85. The summed E-state index contributed by atoms with van der Waals surface area (Å²) in [6.45, 7) is 5.68. The van der Waals surface area contributed by atoms with Crippen LogP contribution in [0, 0.1) is 30.2 Å². The third-order valence-electron chi connectivity index (χ3n) is 2.23. The Hall–Kier alpha value is -1.06. The lowest BCUT2D eigenvalue weighted by Gasteiger charge is -2.22. The fraction of sp³-hybridized carbons (Fsp3) is 0.455. The molecule has 0 nitrogen and oxygen atoms in total. The molecule has 1 aromatic rings. The van der Waals surface area contributed by atoms with Crippen LogP contribution in [0.15, 0.2) is 0 Å². The molecule has 0 amide bonds. The molecule has 0 unspecified atom stereocenters. The van der Waals surface area contributed by atoms with Crippen LogP contribution in [0.25, 0.3) is 0 Å². The van der Waals surface area contributed by atoms with Gasteiger partial charge in [-0.15, -0.1) is 0 Å². The standard InChI is InChI=1S/C11H12F4/c1-5-7(12)6(11(2,3)4)9(14)10(15)8(5)13/h1-4H3. The van der Waals surface area contributed by atoms with Crippen LogP contribution in [-0.4, -0.2) is 0 Å². The van der Waals surface area contributed by atoms with Crippen molar-refractivity contribution in [1.29, 1.82) is 0 Å². The summed E-state index contributed by atoms with van der Waals surface area (Å²) in [6.07, 6.45) is 0. The molecule has 0 saturated heterocycles. The lowest BCUT2D eigenvalue weighted by Crippen LogP contribution is -2.19. The highest BCUT2D eigenvalue weighted by atomic mass is 19.2. The van der Waals surface area contributed by atoms with Crippen LogP contribution in [0.1, 0.15) is 31.9 Å². The van der Waals surface area contributed by atoms with E-state index in [-0.39, 0.29) is 0 Å². The van der Waals surface area contributed by atoms with E-state index in [9.17, 15) is 17.6 Å². The molecule has 0 aliphatic rings. The second-order valence-electron chi connectivity index (χ2n) is 4.51. The van der Waals surface area contributed by atoms with Gasteiger partial charge in [0.1, 0.15) is 5.82 Å². The molecule has 0 N–H and O–H groups in total. The molecule has 4 heteroatoms. The van der Waals surface area contributed by atoms with Gasteiger partial charge in [0.05, 0.1) is 0 Å². The largest absolute Gasteiger partial charge is 0.206 e. The highest BCUT2D eigenvalue weighted by Gasteiger charge is 2.30. The predicted molar refractivity (Wildman–Crippen MR) is 49.7 cm³/mol. The van der Waals surface area contributed by atoms with Crippen molar-refractivity contribution in [2.24, 2.45) is 0 Å². The molecule has 0 spiro atoms. The summed E-state index contributed by atoms with van der Waals surface area (Å²) in [5.74, 6) is -5.53. The van der Waals surface area contributed by atoms with Crippen molar-refractivity contribution in [1.82, 2.24) is 0 Å². The van der Waals surface area contributed by atoms with Crippen molar-refractivity contribution in [3.63, 3.8) is 0 Å². The van der Waals surface area contributed by atoms with Crippen LogP contribution in [-0.2, 0) is 5.41 Å².